The van der Waals surface area contributed by atoms with Gasteiger partial charge in [0.25, 0.3) is 0 Å². The van der Waals surface area contributed by atoms with Gasteiger partial charge in [0.05, 0.1) is 13.2 Å². The van der Waals surface area contributed by atoms with Gasteiger partial charge in [-0.1, -0.05) is 12.8 Å². The van der Waals surface area contributed by atoms with Crippen LogP contribution < -0.4 is 5.32 Å². The lowest BCUT2D eigenvalue weighted by Gasteiger charge is -2.19. The Morgan fingerprint density at radius 1 is 1.36 bits per heavy atom. The lowest BCUT2D eigenvalue weighted by Crippen LogP contribution is -2.34. The van der Waals surface area contributed by atoms with E-state index in [2.05, 4.69) is 23.1 Å². The summed E-state index contributed by atoms with van der Waals surface area (Å²) in [6, 6.07) is 0. The Bertz CT molecular complexity index is 154. The van der Waals surface area contributed by atoms with E-state index in [1.807, 2.05) is 6.92 Å². The van der Waals surface area contributed by atoms with E-state index < -0.39 is 0 Å². The smallest absolute Gasteiger partial charge is 0.0593 e. The van der Waals surface area contributed by atoms with Crippen molar-refractivity contribution in [2.24, 2.45) is 0 Å². The molecular formula is C11H22N2O. The second kappa shape index (κ2) is 10.5. The van der Waals surface area contributed by atoms with Crippen LogP contribution >= 0.6 is 0 Å². The van der Waals surface area contributed by atoms with Gasteiger partial charge in [0.15, 0.2) is 0 Å². The summed E-state index contributed by atoms with van der Waals surface area (Å²) in [5.41, 5.74) is 0. The average molecular weight is 198 g/mol. The average Bonchev–Trinajstić information content (AvgIpc) is 2.22. The van der Waals surface area contributed by atoms with E-state index in [4.69, 9.17) is 11.2 Å². The van der Waals surface area contributed by atoms with Crippen molar-refractivity contribution in [2.45, 2.75) is 13.8 Å². The van der Waals surface area contributed by atoms with Gasteiger partial charge in [-0.2, -0.15) is 0 Å². The van der Waals surface area contributed by atoms with Crippen molar-refractivity contribution in [2.75, 3.05) is 45.9 Å². The van der Waals surface area contributed by atoms with Crippen LogP contribution in [0.2, 0.25) is 0 Å². The molecule has 0 unspecified atom stereocenters. The normalized spacial score (nSPS) is 10.4. The predicted molar refractivity (Wildman–Crippen MR) is 60.3 cm³/mol. The molecular weight excluding hydrogens is 176 g/mol. The van der Waals surface area contributed by atoms with Gasteiger partial charge in [-0.15, -0.1) is 6.42 Å². The first kappa shape index (κ1) is 13.4. The Hall–Kier alpha value is -0.560. The van der Waals surface area contributed by atoms with E-state index in [1.165, 1.54) is 0 Å². The summed E-state index contributed by atoms with van der Waals surface area (Å²) in [6.07, 6.45) is 5.13. The summed E-state index contributed by atoms with van der Waals surface area (Å²) in [5.74, 6) is 2.56. The van der Waals surface area contributed by atoms with Crippen molar-refractivity contribution in [3.05, 3.63) is 0 Å². The zero-order valence-corrected chi connectivity index (χ0v) is 9.38. The molecule has 0 rings (SSSR count). The maximum atomic E-state index is 5.30. The molecule has 0 aromatic heterocycles. The summed E-state index contributed by atoms with van der Waals surface area (Å²) in [5, 5.41) is 3.17. The van der Waals surface area contributed by atoms with Crippen LogP contribution in [0.3, 0.4) is 0 Å². The minimum atomic E-state index is 0.656. The van der Waals surface area contributed by atoms with Gasteiger partial charge in [0.1, 0.15) is 0 Å². The fourth-order valence-electron chi connectivity index (χ4n) is 1.16. The second-order valence-corrected chi connectivity index (χ2v) is 3.01. The van der Waals surface area contributed by atoms with Crippen LogP contribution in [0.4, 0.5) is 0 Å². The lowest BCUT2D eigenvalue weighted by molar-refractivity contribution is 0.115. The SMILES string of the molecule is C#CCNCCN(CC)CCOCC. The van der Waals surface area contributed by atoms with Gasteiger partial charge in [-0.05, 0) is 13.5 Å². The number of likely N-dealkylation sites (N-methyl/N-ethyl adjacent to an activating group) is 1. The lowest BCUT2D eigenvalue weighted by atomic mass is 10.4. The van der Waals surface area contributed by atoms with Crippen molar-refractivity contribution in [3.63, 3.8) is 0 Å². The van der Waals surface area contributed by atoms with Gasteiger partial charge < -0.3 is 15.0 Å². The molecule has 0 fully saturated rings. The molecule has 1 N–H and O–H groups in total. The standard InChI is InChI=1S/C11H22N2O/c1-4-7-12-8-9-13(5-2)10-11-14-6-3/h1,12H,5-11H2,2-3H3. The Morgan fingerprint density at radius 3 is 2.71 bits per heavy atom. The number of hydrogen-bond donors (Lipinski definition) is 1. The topological polar surface area (TPSA) is 24.5 Å². The van der Waals surface area contributed by atoms with Crippen molar-refractivity contribution < 1.29 is 4.74 Å². The highest BCUT2D eigenvalue weighted by molar-refractivity contribution is 4.86. The molecule has 0 aromatic carbocycles. The highest BCUT2D eigenvalue weighted by Gasteiger charge is 2.00. The number of hydrogen-bond acceptors (Lipinski definition) is 3. The third-order valence-electron chi connectivity index (χ3n) is 2.04. The van der Waals surface area contributed by atoms with Gasteiger partial charge in [0.2, 0.25) is 0 Å². The largest absolute Gasteiger partial charge is 0.380 e. The van der Waals surface area contributed by atoms with E-state index in [9.17, 15) is 0 Å². The quantitative estimate of drug-likeness (QED) is 0.433. The minimum Gasteiger partial charge on any atom is -0.380 e. The zero-order valence-electron chi connectivity index (χ0n) is 9.38. The van der Waals surface area contributed by atoms with Crippen LogP contribution in [0.25, 0.3) is 0 Å². The van der Waals surface area contributed by atoms with Gasteiger partial charge in [-0.25, -0.2) is 0 Å². The number of nitrogens with one attached hydrogen (secondary N) is 1. The molecule has 3 heteroatoms. The van der Waals surface area contributed by atoms with Gasteiger partial charge >= 0.3 is 0 Å². The molecule has 3 nitrogen and oxygen atoms in total. The number of nitrogens with zero attached hydrogens (tertiary/aromatic N) is 1. The summed E-state index contributed by atoms with van der Waals surface area (Å²) in [4.78, 5) is 2.35. The van der Waals surface area contributed by atoms with Gasteiger partial charge in [0, 0.05) is 26.2 Å². The molecule has 0 saturated carbocycles. The first-order valence-electron chi connectivity index (χ1n) is 5.29. The minimum absolute atomic E-state index is 0.656. The highest BCUT2D eigenvalue weighted by Crippen LogP contribution is 1.86. The fraction of sp³-hybridized carbons (Fsp3) is 0.818. The van der Waals surface area contributed by atoms with Crippen molar-refractivity contribution >= 4 is 0 Å². The van der Waals surface area contributed by atoms with E-state index in [-0.39, 0.29) is 0 Å². The molecule has 0 spiro atoms. The molecule has 0 aliphatic rings. The summed E-state index contributed by atoms with van der Waals surface area (Å²) >= 11 is 0. The van der Waals surface area contributed by atoms with E-state index in [1.54, 1.807) is 0 Å². The molecule has 0 aliphatic heterocycles. The van der Waals surface area contributed by atoms with Crippen LogP contribution in [-0.2, 0) is 4.74 Å². The Morgan fingerprint density at radius 2 is 2.14 bits per heavy atom. The Kier molecular flexibility index (Phi) is 10.1. The molecule has 82 valence electrons. The zero-order chi connectivity index (χ0) is 10.6. The molecule has 0 aromatic rings. The molecule has 14 heavy (non-hydrogen) atoms. The first-order chi connectivity index (χ1) is 6.85. The van der Waals surface area contributed by atoms with E-state index in [0.29, 0.717) is 6.54 Å². The van der Waals surface area contributed by atoms with E-state index >= 15 is 0 Å². The first-order valence-corrected chi connectivity index (χ1v) is 5.29. The van der Waals surface area contributed by atoms with Crippen LogP contribution in [0.1, 0.15) is 13.8 Å². The van der Waals surface area contributed by atoms with Crippen molar-refractivity contribution in [1.82, 2.24) is 10.2 Å². The van der Waals surface area contributed by atoms with Crippen LogP contribution in [0.5, 0.6) is 0 Å². The number of rotatable bonds is 9. The maximum absolute atomic E-state index is 5.30. The van der Waals surface area contributed by atoms with E-state index in [0.717, 1.165) is 39.4 Å². The number of ether oxygens (including phenoxy) is 1. The van der Waals surface area contributed by atoms with Crippen LogP contribution in [0, 0.1) is 12.3 Å². The van der Waals surface area contributed by atoms with Crippen LogP contribution in [0.15, 0.2) is 0 Å². The maximum Gasteiger partial charge on any atom is 0.0593 e. The second-order valence-electron chi connectivity index (χ2n) is 3.01. The molecule has 0 aliphatic carbocycles. The predicted octanol–water partition coefficient (Wildman–Crippen LogP) is 0.568. The monoisotopic (exact) mass is 198 g/mol. The molecule has 0 radical (unpaired) electrons. The fourth-order valence-corrected chi connectivity index (χ4v) is 1.16. The third kappa shape index (κ3) is 8.06. The van der Waals surface area contributed by atoms with Crippen molar-refractivity contribution in [1.29, 1.82) is 0 Å². The van der Waals surface area contributed by atoms with Gasteiger partial charge in [-0.3, -0.25) is 0 Å². The molecule has 0 atom stereocenters. The van der Waals surface area contributed by atoms with Crippen LogP contribution in [-0.4, -0.2) is 50.8 Å². The Balaban J connectivity index is 3.34. The third-order valence-corrected chi connectivity index (χ3v) is 2.04. The highest BCUT2D eigenvalue weighted by atomic mass is 16.5. The molecule has 0 amide bonds. The Labute approximate surface area is 87.8 Å². The molecule has 0 bridgehead atoms. The summed E-state index contributed by atoms with van der Waals surface area (Å²) in [7, 11) is 0. The molecule has 0 heterocycles. The number of terminal acetylenes is 1. The summed E-state index contributed by atoms with van der Waals surface area (Å²) in [6.45, 7) is 10.5. The molecule has 0 saturated heterocycles. The summed E-state index contributed by atoms with van der Waals surface area (Å²) < 4.78 is 5.30. The van der Waals surface area contributed by atoms with Crippen molar-refractivity contribution in [3.8, 4) is 12.3 Å².